The van der Waals surface area contributed by atoms with Crippen LogP contribution in [0.15, 0.2) is 65.6 Å². The van der Waals surface area contributed by atoms with Gasteiger partial charge in [0.1, 0.15) is 6.61 Å². The Hall–Kier alpha value is -3.20. The predicted molar refractivity (Wildman–Crippen MR) is 141 cm³/mol. The molecule has 2 N–H and O–H groups in total. The van der Waals surface area contributed by atoms with Crippen molar-refractivity contribution in [1.29, 1.82) is 0 Å². The second kappa shape index (κ2) is 11.0. The summed E-state index contributed by atoms with van der Waals surface area (Å²) in [5.74, 6) is 0.107. The largest absolute Gasteiger partial charge is 0.486 e. The fourth-order valence-electron chi connectivity index (χ4n) is 3.37. The number of anilines is 1. The summed E-state index contributed by atoms with van der Waals surface area (Å²) in [6, 6.07) is 17.4. The summed E-state index contributed by atoms with van der Waals surface area (Å²) in [6.07, 6.45) is 2.69. The van der Waals surface area contributed by atoms with E-state index in [1.54, 1.807) is 30.3 Å². The second-order valence-electron chi connectivity index (χ2n) is 7.70. The van der Waals surface area contributed by atoms with E-state index in [4.69, 9.17) is 27.9 Å². The number of nitro benzene ring substituents is 1. The minimum absolute atomic E-state index is 0.00265. The van der Waals surface area contributed by atoms with E-state index >= 15 is 0 Å². The zero-order valence-electron chi connectivity index (χ0n) is 18.6. The Morgan fingerprint density at radius 3 is 2.31 bits per heavy atom. The van der Waals surface area contributed by atoms with Crippen LogP contribution in [0.5, 0.6) is 5.75 Å². The maximum absolute atomic E-state index is 12.5. The van der Waals surface area contributed by atoms with Gasteiger partial charge in [0.05, 0.1) is 19.9 Å². The first-order valence-electron chi connectivity index (χ1n) is 10.7. The molecule has 3 aromatic carbocycles. The molecule has 1 aliphatic rings. The normalized spacial score (nSPS) is 16.3. The number of nitrogens with zero attached hydrogens (tertiary/aromatic N) is 1. The van der Waals surface area contributed by atoms with Crippen LogP contribution < -0.4 is 15.4 Å². The van der Waals surface area contributed by atoms with Gasteiger partial charge in [-0.15, -0.1) is 0 Å². The number of rotatable bonds is 8. The van der Waals surface area contributed by atoms with Gasteiger partial charge in [-0.2, -0.15) is 0 Å². The van der Waals surface area contributed by atoms with Crippen LogP contribution >= 0.6 is 35.0 Å². The smallest absolute Gasteiger partial charge is 0.269 e. The lowest BCUT2D eigenvalue weighted by Gasteiger charge is -2.13. The summed E-state index contributed by atoms with van der Waals surface area (Å²) >= 11 is 14.2. The van der Waals surface area contributed by atoms with E-state index in [1.165, 1.54) is 29.5 Å². The standard InChI is InChI=1S/C25H21Cl2N3O4S/c1-2-15-3-7-18(8-4-15)28-25-29-24(31)22(35-25)13-17-11-20(26)23(21(27)12-17)34-14-16-5-9-19(10-6-16)30(32)33/h3-13,25,28H,2,14H2,1H3,(H,29,31)/b22-13-/t25-/m1/s1. The number of aryl methyl sites for hydroxylation is 1. The number of halogens is 2. The number of hydrogen-bond donors (Lipinski definition) is 2. The van der Waals surface area contributed by atoms with Crippen molar-refractivity contribution in [1.82, 2.24) is 5.32 Å². The molecule has 3 aromatic rings. The van der Waals surface area contributed by atoms with Crippen molar-refractivity contribution >= 4 is 58.3 Å². The average molecular weight is 530 g/mol. The number of carbonyl (C=O) groups excluding carboxylic acids is 1. The van der Waals surface area contributed by atoms with E-state index in [2.05, 4.69) is 29.7 Å². The van der Waals surface area contributed by atoms with Gasteiger partial charge < -0.3 is 15.4 Å². The quantitative estimate of drug-likeness (QED) is 0.193. The van der Waals surface area contributed by atoms with Crippen molar-refractivity contribution in [2.75, 3.05) is 5.32 Å². The zero-order chi connectivity index (χ0) is 24.9. The average Bonchev–Trinajstić information content (AvgIpc) is 3.17. The topological polar surface area (TPSA) is 93.5 Å². The monoisotopic (exact) mass is 529 g/mol. The summed E-state index contributed by atoms with van der Waals surface area (Å²) < 4.78 is 5.75. The van der Waals surface area contributed by atoms with E-state index in [9.17, 15) is 14.9 Å². The maximum atomic E-state index is 12.5. The molecule has 10 heteroatoms. The molecule has 0 aliphatic carbocycles. The summed E-state index contributed by atoms with van der Waals surface area (Å²) in [6.45, 7) is 2.24. The highest BCUT2D eigenvalue weighted by Gasteiger charge is 2.27. The second-order valence-corrected chi connectivity index (χ2v) is 9.66. The number of benzene rings is 3. The summed E-state index contributed by atoms with van der Waals surface area (Å²) in [7, 11) is 0. The third-order valence-electron chi connectivity index (χ3n) is 5.24. The van der Waals surface area contributed by atoms with Gasteiger partial charge >= 0.3 is 0 Å². The molecule has 35 heavy (non-hydrogen) atoms. The van der Waals surface area contributed by atoms with Crippen molar-refractivity contribution in [2.45, 2.75) is 25.4 Å². The van der Waals surface area contributed by atoms with Crippen LogP contribution in [0.1, 0.15) is 23.6 Å². The molecule has 7 nitrogen and oxygen atoms in total. The molecule has 1 saturated heterocycles. The Morgan fingerprint density at radius 2 is 1.71 bits per heavy atom. The molecule has 1 atom stereocenters. The maximum Gasteiger partial charge on any atom is 0.269 e. The molecule has 1 heterocycles. The SMILES string of the molecule is CCc1ccc(N[C@@H]2NC(=O)/C(=C/c3cc(Cl)c(OCc4ccc([N+](=O)[O-])cc4)c(Cl)c3)S2)cc1. The van der Waals surface area contributed by atoms with Crippen LogP contribution in [0.3, 0.4) is 0 Å². The van der Waals surface area contributed by atoms with E-state index in [-0.39, 0.29) is 23.7 Å². The van der Waals surface area contributed by atoms with Gasteiger partial charge in [-0.25, -0.2) is 0 Å². The molecule has 0 aromatic heterocycles. The zero-order valence-corrected chi connectivity index (χ0v) is 20.9. The van der Waals surface area contributed by atoms with Crippen LogP contribution in [0.25, 0.3) is 6.08 Å². The third-order valence-corrected chi connectivity index (χ3v) is 6.83. The van der Waals surface area contributed by atoms with Crippen LogP contribution in [-0.4, -0.2) is 16.3 Å². The van der Waals surface area contributed by atoms with Gasteiger partial charge in [0.25, 0.3) is 11.6 Å². The number of nitrogens with one attached hydrogen (secondary N) is 2. The van der Waals surface area contributed by atoms with Gasteiger partial charge in [-0.3, -0.25) is 14.9 Å². The molecule has 1 amide bonds. The van der Waals surface area contributed by atoms with Gasteiger partial charge in [0.2, 0.25) is 0 Å². The number of hydrogen-bond acceptors (Lipinski definition) is 6. The fraction of sp³-hybridized carbons (Fsp3) is 0.160. The van der Waals surface area contributed by atoms with Gasteiger partial charge in [0, 0.05) is 17.8 Å². The molecular weight excluding hydrogens is 509 g/mol. The Morgan fingerprint density at radius 1 is 1.09 bits per heavy atom. The predicted octanol–water partition coefficient (Wildman–Crippen LogP) is 6.64. The van der Waals surface area contributed by atoms with Crippen LogP contribution in [0.2, 0.25) is 10.0 Å². The fourth-order valence-corrected chi connectivity index (χ4v) is 4.97. The number of non-ortho nitro benzene ring substituents is 1. The molecule has 0 radical (unpaired) electrons. The van der Waals surface area contributed by atoms with Crippen molar-refractivity contribution in [3.05, 3.63) is 102 Å². The highest BCUT2D eigenvalue weighted by molar-refractivity contribution is 8.05. The molecule has 0 bridgehead atoms. The Bertz CT molecular complexity index is 1260. The Kier molecular flexibility index (Phi) is 7.85. The van der Waals surface area contributed by atoms with Gasteiger partial charge in [-0.05, 0) is 65.6 Å². The minimum Gasteiger partial charge on any atom is -0.486 e. The third kappa shape index (κ3) is 6.28. The highest BCUT2D eigenvalue weighted by Crippen LogP contribution is 2.37. The number of carbonyl (C=O) groups is 1. The van der Waals surface area contributed by atoms with Gasteiger partial charge in [0.15, 0.2) is 11.2 Å². The van der Waals surface area contributed by atoms with Crippen LogP contribution in [0.4, 0.5) is 11.4 Å². The number of nitro groups is 1. The number of ether oxygens (including phenoxy) is 1. The molecule has 0 spiro atoms. The molecule has 4 rings (SSSR count). The number of amides is 1. The molecule has 1 fully saturated rings. The van der Waals surface area contributed by atoms with Crippen LogP contribution in [0, 0.1) is 10.1 Å². The first kappa shape index (κ1) is 24.9. The van der Waals surface area contributed by atoms with E-state index in [0.717, 1.165) is 17.7 Å². The molecule has 0 saturated carbocycles. The van der Waals surface area contributed by atoms with Crippen molar-refractivity contribution in [3.8, 4) is 5.75 Å². The lowest BCUT2D eigenvalue weighted by Crippen LogP contribution is -2.30. The highest BCUT2D eigenvalue weighted by atomic mass is 35.5. The molecule has 1 aliphatic heterocycles. The lowest BCUT2D eigenvalue weighted by atomic mass is 10.1. The minimum atomic E-state index is -0.462. The Labute approximate surface area is 216 Å². The van der Waals surface area contributed by atoms with Crippen molar-refractivity contribution in [3.63, 3.8) is 0 Å². The molecular formula is C25H21Cl2N3O4S. The van der Waals surface area contributed by atoms with E-state index < -0.39 is 4.92 Å². The summed E-state index contributed by atoms with van der Waals surface area (Å²) in [5.41, 5.74) is 3.26. The first-order valence-corrected chi connectivity index (χ1v) is 12.4. The number of thioether (sulfide) groups is 1. The summed E-state index contributed by atoms with van der Waals surface area (Å²) in [5, 5.41) is 17.6. The first-order chi connectivity index (χ1) is 16.8. The van der Waals surface area contributed by atoms with E-state index in [0.29, 0.717) is 26.3 Å². The van der Waals surface area contributed by atoms with Crippen LogP contribution in [-0.2, 0) is 17.8 Å². The van der Waals surface area contributed by atoms with Gasteiger partial charge in [-0.1, -0.05) is 54.0 Å². The lowest BCUT2D eigenvalue weighted by molar-refractivity contribution is -0.384. The van der Waals surface area contributed by atoms with Crippen molar-refractivity contribution in [2.24, 2.45) is 0 Å². The molecule has 0 unspecified atom stereocenters. The summed E-state index contributed by atoms with van der Waals surface area (Å²) in [4.78, 5) is 23.3. The van der Waals surface area contributed by atoms with E-state index in [1.807, 2.05) is 12.1 Å². The Balaban J connectivity index is 1.42. The van der Waals surface area contributed by atoms with Crippen molar-refractivity contribution < 1.29 is 14.5 Å². The molecule has 180 valence electrons.